The first kappa shape index (κ1) is 13.3. The zero-order valence-electron chi connectivity index (χ0n) is 10.8. The average molecular weight is 255 g/mol. The molecule has 18 heavy (non-hydrogen) atoms. The van der Waals surface area contributed by atoms with Crippen molar-refractivity contribution in [2.45, 2.75) is 38.7 Å². The molecule has 3 unspecified atom stereocenters. The summed E-state index contributed by atoms with van der Waals surface area (Å²) in [7, 11) is 0. The monoisotopic (exact) mass is 255 g/mol. The predicted octanol–water partition coefficient (Wildman–Crippen LogP) is 1.12. The first-order valence-corrected chi connectivity index (χ1v) is 6.73. The van der Waals surface area contributed by atoms with Crippen LogP contribution in [0.2, 0.25) is 0 Å². The molecule has 0 aromatic carbocycles. The average Bonchev–Trinajstić information content (AvgIpc) is 2.72. The number of carboxylic acids is 1. The second-order valence-electron chi connectivity index (χ2n) is 5.30. The van der Waals surface area contributed by atoms with E-state index in [1.807, 2.05) is 6.92 Å². The molecular weight excluding hydrogens is 234 g/mol. The number of hydrogen-bond donors (Lipinski definition) is 1. The smallest absolute Gasteiger partial charge is 0.307 e. The van der Waals surface area contributed by atoms with Gasteiger partial charge in [-0.3, -0.25) is 9.59 Å². The standard InChI is InChI=1S/C13H21NO4/c1-9-8-14(6-3-7-18-9)12(15)10-4-2-5-11(10)13(16)17/h9-11H,2-8H2,1H3,(H,16,17). The molecule has 2 fully saturated rings. The summed E-state index contributed by atoms with van der Waals surface area (Å²) in [6.07, 6.45) is 3.06. The Hall–Kier alpha value is -1.10. The van der Waals surface area contributed by atoms with Crippen molar-refractivity contribution >= 4 is 11.9 Å². The van der Waals surface area contributed by atoms with E-state index >= 15 is 0 Å². The van der Waals surface area contributed by atoms with Gasteiger partial charge in [0.1, 0.15) is 0 Å². The second-order valence-corrected chi connectivity index (χ2v) is 5.30. The van der Waals surface area contributed by atoms with Gasteiger partial charge in [-0.1, -0.05) is 6.42 Å². The molecule has 5 nitrogen and oxygen atoms in total. The number of carbonyl (C=O) groups is 2. The lowest BCUT2D eigenvalue weighted by Crippen LogP contribution is -2.42. The molecule has 102 valence electrons. The molecule has 2 aliphatic rings. The van der Waals surface area contributed by atoms with E-state index in [9.17, 15) is 9.59 Å². The van der Waals surface area contributed by atoms with Crippen molar-refractivity contribution in [2.24, 2.45) is 11.8 Å². The summed E-state index contributed by atoms with van der Waals surface area (Å²) >= 11 is 0. The van der Waals surface area contributed by atoms with Gasteiger partial charge in [-0.25, -0.2) is 0 Å². The molecule has 1 N–H and O–H groups in total. The number of nitrogens with zero attached hydrogens (tertiary/aromatic N) is 1. The van der Waals surface area contributed by atoms with Crippen LogP contribution in [-0.4, -0.2) is 47.7 Å². The van der Waals surface area contributed by atoms with Crippen molar-refractivity contribution in [1.29, 1.82) is 0 Å². The van der Waals surface area contributed by atoms with Crippen molar-refractivity contribution in [2.75, 3.05) is 19.7 Å². The van der Waals surface area contributed by atoms with E-state index in [0.717, 1.165) is 12.8 Å². The van der Waals surface area contributed by atoms with Gasteiger partial charge < -0.3 is 14.7 Å². The third kappa shape index (κ3) is 2.83. The van der Waals surface area contributed by atoms with Crippen LogP contribution < -0.4 is 0 Å². The highest BCUT2D eigenvalue weighted by molar-refractivity contribution is 5.85. The van der Waals surface area contributed by atoms with Crippen LogP contribution in [0.25, 0.3) is 0 Å². The summed E-state index contributed by atoms with van der Waals surface area (Å²) in [6, 6.07) is 0. The summed E-state index contributed by atoms with van der Waals surface area (Å²) < 4.78 is 5.51. The minimum Gasteiger partial charge on any atom is -0.481 e. The van der Waals surface area contributed by atoms with E-state index in [2.05, 4.69) is 0 Å². The normalized spacial score (nSPS) is 33.2. The zero-order valence-corrected chi connectivity index (χ0v) is 10.8. The lowest BCUT2D eigenvalue weighted by atomic mass is 9.94. The molecular formula is C13H21NO4. The first-order chi connectivity index (χ1) is 8.59. The highest BCUT2D eigenvalue weighted by Gasteiger charge is 2.40. The fourth-order valence-electron chi connectivity index (χ4n) is 2.98. The Morgan fingerprint density at radius 1 is 1.22 bits per heavy atom. The third-order valence-electron chi connectivity index (χ3n) is 3.91. The van der Waals surface area contributed by atoms with E-state index in [0.29, 0.717) is 32.5 Å². The Balaban J connectivity index is 2.03. The van der Waals surface area contributed by atoms with Crippen LogP contribution in [0.4, 0.5) is 0 Å². The van der Waals surface area contributed by atoms with Crippen molar-refractivity contribution in [3.63, 3.8) is 0 Å². The predicted molar refractivity (Wildman–Crippen MR) is 65.1 cm³/mol. The molecule has 2 rings (SSSR count). The number of hydrogen-bond acceptors (Lipinski definition) is 3. The minimum absolute atomic E-state index is 0.0113. The highest BCUT2D eigenvalue weighted by Crippen LogP contribution is 2.33. The van der Waals surface area contributed by atoms with E-state index < -0.39 is 11.9 Å². The van der Waals surface area contributed by atoms with Crippen LogP contribution in [-0.2, 0) is 14.3 Å². The van der Waals surface area contributed by atoms with Crippen LogP contribution in [0.1, 0.15) is 32.6 Å². The molecule has 5 heteroatoms. The van der Waals surface area contributed by atoms with E-state index in [4.69, 9.17) is 9.84 Å². The lowest BCUT2D eigenvalue weighted by Gasteiger charge is -2.26. The molecule has 1 aliphatic heterocycles. The largest absolute Gasteiger partial charge is 0.481 e. The maximum Gasteiger partial charge on any atom is 0.307 e. The molecule has 0 bridgehead atoms. The molecule has 1 saturated heterocycles. The Bertz CT molecular complexity index is 331. The maximum absolute atomic E-state index is 12.4. The Kier molecular flexibility index (Phi) is 4.22. The van der Waals surface area contributed by atoms with E-state index in [1.165, 1.54) is 0 Å². The number of amides is 1. The van der Waals surface area contributed by atoms with Gasteiger partial charge >= 0.3 is 5.97 Å². The van der Waals surface area contributed by atoms with Gasteiger partial charge in [0.2, 0.25) is 5.91 Å². The molecule has 1 amide bonds. The molecule has 3 atom stereocenters. The Morgan fingerprint density at radius 2 is 1.94 bits per heavy atom. The minimum atomic E-state index is -0.829. The van der Waals surface area contributed by atoms with E-state index in [-0.39, 0.29) is 17.9 Å². The number of carboxylic acid groups (broad SMARTS) is 1. The van der Waals surface area contributed by atoms with Crippen LogP contribution in [0.15, 0.2) is 0 Å². The zero-order chi connectivity index (χ0) is 13.1. The SMILES string of the molecule is CC1CN(C(=O)C2CCCC2C(=O)O)CCCO1. The molecule has 1 heterocycles. The summed E-state index contributed by atoms with van der Waals surface area (Å²) in [5.41, 5.74) is 0. The lowest BCUT2D eigenvalue weighted by molar-refractivity contribution is -0.149. The van der Waals surface area contributed by atoms with Gasteiger partial charge in [-0.05, 0) is 26.2 Å². The van der Waals surface area contributed by atoms with Crippen molar-refractivity contribution in [1.82, 2.24) is 4.90 Å². The molecule has 0 aromatic heterocycles. The van der Waals surface area contributed by atoms with Crippen molar-refractivity contribution in [3.8, 4) is 0 Å². The van der Waals surface area contributed by atoms with Crippen molar-refractivity contribution in [3.05, 3.63) is 0 Å². The summed E-state index contributed by atoms with van der Waals surface area (Å²) in [5, 5.41) is 9.14. The number of carbonyl (C=O) groups excluding carboxylic acids is 1. The highest BCUT2D eigenvalue weighted by atomic mass is 16.5. The fraction of sp³-hybridized carbons (Fsp3) is 0.846. The second kappa shape index (κ2) is 5.69. The van der Waals surface area contributed by atoms with Crippen LogP contribution in [0, 0.1) is 11.8 Å². The Labute approximate surface area is 107 Å². The van der Waals surface area contributed by atoms with Gasteiger partial charge in [0.05, 0.1) is 17.9 Å². The Morgan fingerprint density at radius 3 is 2.67 bits per heavy atom. The molecule has 1 saturated carbocycles. The van der Waals surface area contributed by atoms with Crippen molar-refractivity contribution < 1.29 is 19.4 Å². The third-order valence-corrected chi connectivity index (χ3v) is 3.91. The molecule has 0 aromatic rings. The maximum atomic E-state index is 12.4. The molecule has 0 spiro atoms. The summed E-state index contributed by atoms with van der Waals surface area (Å²) in [6.45, 7) is 3.90. The number of ether oxygens (including phenoxy) is 1. The topological polar surface area (TPSA) is 66.8 Å². The van der Waals surface area contributed by atoms with Gasteiger partial charge in [0.15, 0.2) is 0 Å². The quantitative estimate of drug-likeness (QED) is 0.803. The van der Waals surface area contributed by atoms with Gasteiger partial charge in [-0.15, -0.1) is 0 Å². The van der Waals surface area contributed by atoms with Crippen LogP contribution in [0.5, 0.6) is 0 Å². The molecule has 1 aliphatic carbocycles. The number of aliphatic carboxylic acids is 1. The van der Waals surface area contributed by atoms with E-state index in [1.54, 1.807) is 4.90 Å². The van der Waals surface area contributed by atoms with Gasteiger partial charge in [0, 0.05) is 19.7 Å². The van der Waals surface area contributed by atoms with Gasteiger partial charge in [0.25, 0.3) is 0 Å². The summed E-state index contributed by atoms with van der Waals surface area (Å²) in [5.74, 6) is -1.63. The van der Waals surface area contributed by atoms with Crippen LogP contribution >= 0.6 is 0 Å². The fourth-order valence-corrected chi connectivity index (χ4v) is 2.98. The molecule has 0 radical (unpaired) electrons. The first-order valence-electron chi connectivity index (χ1n) is 6.73. The van der Waals surface area contributed by atoms with Crippen LogP contribution in [0.3, 0.4) is 0 Å². The summed E-state index contributed by atoms with van der Waals surface area (Å²) in [4.78, 5) is 25.4. The number of rotatable bonds is 2. The van der Waals surface area contributed by atoms with Gasteiger partial charge in [-0.2, -0.15) is 0 Å².